The van der Waals surface area contributed by atoms with E-state index in [1.807, 2.05) is 45.9 Å². The first-order valence-corrected chi connectivity index (χ1v) is 10.8. The molecule has 0 bridgehead atoms. The Morgan fingerprint density at radius 2 is 1.79 bits per heavy atom. The highest BCUT2D eigenvalue weighted by molar-refractivity contribution is 7.99. The number of hydrogen-bond donors (Lipinski definition) is 1. The van der Waals surface area contributed by atoms with Crippen LogP contribution in [0.4, 0.5) is 4.39 Å². The highest BCUT2D eigenvalue weighted by Crippen LogP contribution is 2.35. The number of benzene rings is 2. The summed E-state index contributed by atoms with van der Waals surface area (Å²) in [6.45, 7) is 9.60. The highest BCUT2D eigenvalue weighted by atomic mass is 32.2. The van der Waals surface area contributed by atoms with E-state index in [-0.39, 0.29) is 29.5 Å². The Morgan fingerprint density at radius 1 is 1.14 bits per heavy atom. The fourth-order valence-corrected chi connectivity index (χ4v) is 4.81. The van der Waals surface area contributed by atoms with Crippen LogP contribution in [0.1, 0.15) is 41.2 Å². The number of cyclic esters (lactones) is 1. The van der Waals surface area contributed by atoms with Crippen LogP contribution in [0.25, 0.3) is 5.57 Å². The Labute approximate surface area is 176 Å². The van der Waals surface area contributed by atoms with Gasteiger partial charge >= 0.3 is 5.97 Å². The number of hydrogen-bond acceptors (Lipinski definition) is 4. The Bertz CT molecular complexity index is 957. The van der Waals surface area contributed by atoms with Gasteiger partial charge in [-0.2, -0.15) is 0 Å². The van der Waals surface area contributed by atoms with Crippen LogP contribution < -0.4 is 0 Å². The molecule has 0 spiro atoms. The molecule has 3 nitrogen and oxygen atoms in total. The van der Waals surface area contributed by atoms with Gasteiger partial charge in [0, 0.05) is 23.0 Å². The maximum atomic E-state index is 13.7. The fourth-order valence-electron chi connectivity index (χ4n) is 3.78. The minimum absolute atomic E-state index is 0.0113. The lowest BCUT2D eigenvalue weighted by atomic mass is 9.89. The number of carbonyl (C=O) groups excluding carboxylic acids is 1. The van der Waals surface area contributed by atoms with Gasteiger partial charge in [-0.05, 0) is 62.1 Å². The van der Waals surface area contributed by atoms with E-state index >= 15 is 0 Å². The van der Waals surface area contributed by atoms with E-state index in [0.717, 1.165) is 27.1 Å². The summed E-state index contributed by atoms with van der Waals surface area (Å²) in [7, 11) is 0. The van der Waals surface area contributed by atoms with Crippen LogP contribution in [0.2, 0.25) is 0 Å². The number of aliphatic hydroxyl groups excluding tert-OH is 1. The molecule has 2 aromatic carbocycles. The van der Waals surface area contributed by atoms with Gasteiger partial charge in [0.1, 0.15) is 23.3 Å². The fraction of sp³-hybridized carbons (Fsp3) is 0.375. The van der Waals surface area contributed by atoms with E-state index in [9.17, 15) is 14.3 Å². The monoisotopic (exact) mass is 414 g/mol. The van der Waals surface area contributed by atoms with E-state index < -0.39 is 12.1 Å². The molecule has 0 amide bonds. The smallest absolute Gasteiger partial charge is 0.342 e. The van der Waals surface area contributed by atoms with Crippen molar-refractivity contribution in [1.82, 2.24) is 0 Å². The topological polar surface area (TPSA) is 46.5 Å². The third-order valence-corrected chi connectivity index (χ3v) is 6.64. The van der Waals surface area contributed by atoms with Crippen LogP contribution >= 0.6 is 11.8 Å². The van der Waals surface area contributed by atoms with Crippen molar-refractivity contribution in [3.05, 3.63) is 69.7 Å². The quantitative estimate of drug-likeness (QED) is 0.476. The Morgan fingerprint density at radius 3 is 2.38 bits per heavy atom. The highest BCUT2D eigenvalue weighted by Gasteiger charge is 2.34. The molecule has 1 heterocycles. The zero-order chi connectivity index (χ0) is 21.3. The molecule has 3 rings (SSSR count). The van der Waals surface area contributed by atoms with Gasteiger partial charge in [0.05, 0.1) is 0 Å². The Balaban J connectivity index is 1.75. The summed E-state index contributed by atoms with van der Waals surface area (Å²) >= 11 is 1.52. The lowest BCUT2D eigenvalue weighted by molar-refractivity contribution is -0.145. The minimum Gasteiger partial charge on any atom is -0.511 e. The van der Waals surface area contributed by atoms with E-state index in [0.29, 0.717) is 11.3 Å². The molecule has 0 fully saturated rings. The molecular weight excluding hydrogens is 387 g/mol. The molecule has 0 aromatic heterocycles. The third-order valence-electron chi connectivity index (χ3n) is 5.36. The van der Waals surface area contributed by atoms with E-state index in [1.54, 1.807) is 13.0 Å². The maximum absolute atomic E-state index is 13.7. The molecule has 2 aromatic rings. The maximum Gasteiger partial charge on any atom is 0.342 e. The molecule has 0 aliphatic carbocycles. The first kappa shape index (κ1) is 21.4. The average Bonchev–Trinajstić information content (AvgIpc) is 2.63. The summed E-state index contributed by atoms with van der Waals surface area (Å²) < 4.78 is 19.4. The first-order valence-electron chi connectivity index (χ1n) is 9.77. The summed E-state index contributed by atoms with van der Waals surface area (Å²) in [5, 5.41) is 10.7. The zero-order valence-corrected chi connectivity index (χ0v) is 18.3. The summed E-state index contributed by atoms with van der Waals surface area (Å²) in [5.41, 5.74) is 4.66. The number of ether oxygens (including phenoxy) is 1. The molecule has 1 aliphatic rings. The van der Waals surface area contributed by atoms with Crippen molar-refractivity contribution >= 4 is 23.3 Å². The lowest BCUT2D eigenvalue weighted by Gasteiger charge is -2.29. The van der Waals surface area contributed by atoms with Crippen LogP contribution in [-0.2, 0) is 9.53 Å². The number of halogens is 1. The molecule has 0 saturated carbocycles. The molecule has 0 radical (unpaired) electrons. The van der Waals surface area contributed by atoms with Gasteiger partial charge in [-0.15, -0.1) is 11.8 Å². The van der Waals surface area contributed by atoms with Gasteiger partial charge in [0.2, 0.25) is 0 Å². The van der Waals surface area contributed by atoms with E-state index in [1.165, 1.54) is 17.8 Å². The van der Waals surface area contributed by atoms with Crippen molar-refractivity contribution in [3.63, 3.8) is 0 Å². The number of carbonyl (C=O) groups is 1. The summed E-state index contributed by atoms with van der Waals surface area (Å²) in [4.78, 5) is 13.6. The van der Waals surface area contributed by atoms with E-state index in [2.05, 4.69) is 0 Å². The second-order valence-electron chi connectivity index (χ2n) is 7.94. The van der Waals surface area contributed by atoms with Crippen molar-refractivity contribution in [2.75, 3.05) is 5.75 Å². The largest absolute Gasteiger partial charge is 0.511 e. The van der Waals surface area contributed by atoms with E-state index in [4.69, 9.17) is 4.74 Å². The number of thioether (sulfide) groups is 1. The van der Waals surface area contributed by atoms with Crippen LogP contribution in [0.3, 0.4) is 0 Å². The summed E-state index contributed by atoms with van der Waals surface area (Å²) in [5.74, 6) is 0.0515. The second-order valence-corrected chi connectivity index (χ2v) is 9.04. The predicted octanol–water partition coefficient (Wildman–Crippen LogP) is 6.07. The van der Waals surface area contributed by atoms with Crippen molar-refractivity contribution in [3.8, 4) is 0 Å². The molecule has 5 heteroatoms. The first-order chi connectivity index (χ1) is 13.7. The standard InChI is InChI=1S/C24H27FO3S/c1-13-8-15(3)22(16(4)9-13)23-20(26)11-21(28-24(23)27)17(5)12-29-18-7-6-14(2)19(25)10-18/h6-10,17,21,26H,11-12H2,1-5H3. The number of aliphatic hydroxyl groups is 1. The Hall–Kier alpha value is -2.27. The minimum atomic E-state index is -0.480. The molecular formula is C24H27FO3S. The molecule has 29 heavy (non-hydrogen) atoms. The van der Waals surface area contributed by atoms with Gasteiger partial charge in [-0.1, -0.05) is 30.7 Å². The molecule has 2 atom stereocenters. The average molecular weight is 415 g/mol. The third kappa shape index (κ3) is 4.67. The van der Waals surface area contributed by atoms with Crippen molar-refractivity contribution in [1.29, 1.82) is 0 Å². The zero-order valence-electron chi connectivity index (χ0n) is 17.5. The van der Waals surface area contributed by atoms with Crippen molar-refractivity contribution in [2.45, 2.75) is 52.0 Å². The van der Waals surface area contributed by atoms with Gasteiger partial charge in [0.15, 0.2) is 0 Å². The number of esters is 1. The van der Waals surface area contributed by atoms with Crippen molar-refractivity contribution < 1.29 is 19.0 Å². The second kappa shape index (κ2) is 8.62. The van der Waals surface area contributed by atoms with Gasteiger partial charge < -0.3 is 9.84 Å². The van der Waals surface area contributed by atoms with Gasteiger partial charge in [-0.25, -0.2) is 9.18 Å². The van der Waals surface area contributed by atoms with Gasteiger partial charge in [-0.3, -0.25) is 0 Å². The summed E-state index contributed by atoms with van der Waals surface area (Å²) in [6, 6.07) is 9.18. The Kier molecular flexibility index (Phi) is 6.37. The molecule has 0 saturated heterocycles. The normalized spacial score (nSPS) is 18.0. The van der Waals surface area contributed by atoms with Crippen LogP contribution in [0.15, 0.2) is 41.0 Å². The lowest BCUT2D eigenvalue weighted by Crippen LogP contribution is -2.32. The van der Waals surface area contributed by atoms with Crippen LogP contribution in [0, 0.1) is 39.4 Å². The summed E-state index contributed by atoms with van der Waals surface area (Å²) in [6.07, 6.45) is -0.113. The van der Waals surface area contributed by atoms with Crippen LogP contribution in [0.5, 0.6) is 0 Å². The van der Waals surface area contributed by atoms with Gasteiger partial charge in [0.25, 0.3) is 0 Å². The molecule has 1 N–H and O–H groups in total. The van der Waals surface area contributed by atoms with Crippen LogP contribution in [-0.4, -0.2) is 22.9 Å². The predicted molar refractivity (Wildman–Crippen MR) is 116 cm³/mol. The molecule has 154 valence electrons. The molecule has 1 aliphatic heterocycles. The SMILES string of the molecule is Cc1cc(C)c(C2=C(O)CC(C(C)CSc3ccc(C)c(F)c3)OC2=O)c(C)c1. The van der Waals surface area contributed by atoms with Crippen molar-refractivity contribution in [2.24, 2.45) is 5.92 Å². The number of rotatable bonds is 5. The number of aryl methyl sites for hydroxylation is 4. The molecule has 2 unspecified atom stereocenters.